The molecular weight excluding hydrogens is 344 g/mol. The Hall–Kier alpha value is -2.39. The third kappa shape index (κ3) is 3.38. The van der Waals surface area contributed by atoms with Gasteiger partial charge in [-0.1, -0.05) is 0 Å². The number of hydrogen-bond acceptors (Lipinski definition) is 5. The fourth-order valence-corrected chi connectivity index (χ4v) is 4.35. The molecular formula is C16H20N4O4S. The SMILES string of the molecule is CNC(=O)CC1CN(S(=O)(=O)c2ccc(OC)cc2)Cc2ccnn21. The lowest BCUT2D eigenvalue weighted by Crippen LogP contribution is -2.42. The van der Waals surface area contributed by atoms with Gasteiger partial charge in [0, 0.05) is 19.8 Å². The maximum Gasteiger partial charge on any atom is 0.243 e. The Morgan fingerprint density at radius 2 is 2.04 bits per heavy atom. The molecule has 9 heteroatoms. The monoisotopic (exact) mass is 364 g/mol. The second-order valence-corrected chi connectivity index (χ2v) is 7.71. The van der Waals surface area contributed by atoms with E-state index in [1.165, 1.54) is 23.5 Å². The van der Waals surface area contributed by atoms with Crippen molar-refractivity contribution in [3.05, 3.63) is 42.2 Å². The summed E-state index contributed by atoms with van der Waals surface area (Å²) in [4.78, 5) is 12.0. The van der Waals surface area contributed by atoms with Crippen molar-refractivity contribution < 1.29 is 17.9 Å². The summed E-state index contributed by atoms with van der Waals surface area (Å²) in [6, 6.07) is 7.70. The second-order valence-electron chi connectivity index (χ2n) is 5.77. The molecule has 1 amide bonds. The van der Waals surface area contributed by atoms with Gasteiger partial charge in [-0.2, -0.15) is 9.40 Å². The van der Waals surface area contributed by atoms with Crippen LogP contribution in [0, 0.1) is 0 Å². The van der Waals surface area contributed by atoms with Crippen LogP contribution in [0.2, 0.25) is 0 Å². The zero-order valence-corrected chi connectivity index (χ0v) is 14.9. The van der Waals surface area contributed by atoms with Crippen LogP contribution in [-0.4, -0.2) is 49.1 Å². The highest BCUT2D eigenvalue weighted by Gasteiger charge is 2.34. The molecule has 0 bridgehead atoms. The first-order valence-electron chi connectivity index (χ1n) is 7.83. The van der Waals surface area contributed by atoms with E-state index in [9.17, 15) is 13.2 Å². The van der Waals surface area contributed by atoms with Crippen LogP contribution in [0.5, 0.6) is 5.75 Å². The molecule has 3 rings (SSSR count). The van der Waals surface area contributed by atoms with Gasteiger partial charge in [0.15, 0.2) is 0 Å². The molecule has 1 aliphatic rings. The van der Waals surface area contributed by atoms with Crippen LogP contribution in [-0.2, 0) is 21.4 Å². The van der Waals surface area contributed by atoms with Gasteiger partial charge in [0.2, 0.25) is 15.9 Å². The quantitative estimate of drug-likeness (QED) is 0.846. The van der Waals surface area contributed by atoms with Crippen LogP contribution in [0.25, 0.3) is 0 Å². The Balaban J connectivity index is 1.90. The van der Waals surface area contributed by atoms with Crippen LogP contribution in [0.15, 0.2) is 41.4 Å². The van der Waals surface area contributed by atoms with Crippen molar-refractivity contribution in [2.24, 2.45) is 0 Å². The van der Waals surface area contributed by atoms with Gasteiger partial charge in [-0.25, -0.2) is 8.42 Å². The van der Waals surface area contributed by atoms with Crippen LogP contribution >= 0.6 is 0 Å². The minimum absolute atomic E-state index is 0.157. The zero-order chi connectivity index (χ0) is 18.0. The van der Waals surface area contributed by atoms with E-state index in [0.29, 0.717) is 5.75 Å². The maximum absolute atomic E-state index is 13.0. The van der Waals surface area contributed by atoms with Crippen molar-refractivity contribution >= 4 is 15.9 Å². The highest BCUT2D eigenvalue weighted by molar-refractivity contribution is 7.89. The molecule has 0 fully saturated rings. The van der Waals surface area contributed by atoms with Crippen LogP contribution < -0.4 is 10.1 Å². The minimum atomic E-state index is -3.68. The lowest BCUT2D eigenvalue weighted by Gasteiger charge is -2.32. The predicted molar refractivity (Wildman–Crippen MR) is 90.5 cm³/mol. The Kier molecular flexibility index (Phi) is 4.78. The first kappa shape index (κ1) is 17.4. The Bertz CT molecular complexity index is 861. The van der Waals surface area contributed by atoms with Crippen molar-refractivity contribution in [1.82, 2.24) is 19.4 Å². The fraction of sp³-hybridized carbons (Fsp3) is 0.375. The van der Waals surface area contributed by atoms with Crippen molar-refractivity contribution in [2.75, 3.05) is 20.7 Å². The summed E-state index contributed by atoms with van der Waals surface area (Å²) in [5.74, 6) is 0.434. The average Bonchev–Trinajstić information content (AvgIpc) is 3.10. The highest BCUT2D eigenvalue weighted by Crippen LogP contribution is 2.28. The van der Waals surface area contributed by atoms with E-state index in [1.807, 2.05) is 0 Å². The molecule has 1 aromatic heterocycles. The molecule has 8 nitrogen and oxygen atoms in total. The van der Waals surface area contributed by atoms with Gasteiger partial charge in [0.1, 0.15) is 5.75 Å². The Morgan fingerprint density at radius 1 is 1.32 bits per heavy atom. The summed E-state index contributed by atoms with van der Waals surface area (Å²) >= 11 is 0. The number of fused-ring (bicyclic) bond motifs is 1. The first-order valence-corrected chi connectivity index (χ1v) is 9.27. The number of carbonyl (C=O) groups excluding carboxylic acids is 1. The first-order chi connectivity index (χ1) is 12.0. The maximum atomic E-state index is 13.0. The molecule has 1 atom stereocenters. The summed E-state index contributed by atoms with van der Waals surface area (Å²) in [7, 11) is -0.595. The van der Waals surface area contributed by atoms with Crippen molar-refractivity contribution in [1.29, 1.82) is 0 Å². The number of aromatic nitrogens is 2. The summed E-state index contributed by atoms with van der Waals surface area (Å²) < 4.78 is 34.1. The number of rotatable bonds is 5. The van der Waals surface area contributed by atoms with Gasteiger partial charge in [-0.05, 0) is 30.3 Å². The number of nitrogens with zero attached hydrogens (tertiary/aromatic N) is 3. The van der Waals surface area contributed by atoms with E-state index in [-0.39, 0.29) is 36.4 Å². The molecule has 1 aliphatic heterocycles. The number of hydrogen-bond donors (Lipinski definition) is 1. The lowest BCUT2D eigenvalue weighted by molar-refractivity contribution is -0.121. The number of benzene rings is 1. The molecule has 134 valence electrons. The Morgan fingerprint density at radius 3 is 2.68 bits per heavy atom. The van der Waals surface area contributed by atoms with Crippen LogP contribution in [0.1, 0.15) is 18.2 Å². The third-order valence-electron chi connectivity index (χ3n) is 4.25. The van der Waals surface area contributed by atoms with Crippen molar-refractivity contribution in [3.8, 4) is 5.75 Å². The number of carbonyl (C=O) groups is 1. The number of methoxy groups -OCH3 is 1. The van der Waals surface area contributed by atoms with E-state index in [2.05, 4.69) is 10.4 Å². The molecule has 2 aromatic rings. The van der Waals surface area contributed by atoms with E-state index in [0.717, 1.165) is 5.69 Å². The molecule has 1 aromatic carbocycles. The van der Waals surface area contributed by atoms with Crippen LogP contribution in [0.4, 0.5) is 0 Å². The smallest absolute Gasteiger partial charge is 0.243 e. The summed E-state index contributed by atoms with van der Waals surface area (Å²) in [5.41, 5.74) is 0.761. The van der Waals surface area contributed by atoms with Gasteiger partial charge in [0.25, 0.3) is 0 Å². The molecule has 0 spiro atoms. The molecule has 0 aliphatic carbocycles. The fourth-order valence-electron chi connectivity index (χ4n) is 2.90. The molecule has 0 radical (unpaired) electrons. The summed E-state index contributed by atoms with van der Waals surface area (Å²) in [6.45, 7) is 0.412. The van der Waals surface area contributed by atoms with Gasteiger partial charge >= 0.3 is 0 Å². The zero-order valence-electron chi connectivity index (χ0n) is 14.0. The number of ether oxygens (including phenoxy) is 1. The van der Waals surface area contributed by atoms with Crippen molar-refractivity contribution in [2.45, 2.75) is 23.9 Å². The molecule has 1 unspecified atom stereocenters. The largest absolute Gasteiger partial charge is 0.497 e. The summed E-state index contributed by atoms with van der Waals surface area (Å²) in [5, 5.41) is 6.81. The van der Waals surface area contributed by atoms with Gasteiger partial charge in [0.05, 0.1) is 36.7 Å². The van der Waals surface area contributed by atoms with Gasteiger partial charge in [-0.15, -0.1) is 0 Å². The Labute approximate surface area is 146 Å². The average molecular weight is 364 g/mol. The van der Waals surface area contributed by atoms with E-state index in [4.69, 9.17) is 4.74 Å². The molecule has 0 saturated carbocycles. The predicted octanol–water partition coefficient (Wildman–Crippen LogP) is 0.773. The second kappa shape index (κ2) is 6.85. The minimum Gasteiger partial charge on any atom is -0.497 e. The highest BCUT2D eigenvalue weighted by atomic mass is 32.2. The number of sulfonamides is 1. The topological polar surface area (TPSA) is 93.5 Å². The van der Waals surface area contributed by atoms with E-state index in [1.54, 1.807) is 36.1 Å². The van der Waals surface area contributed by atoms with Gasteiger partial charge < -0.3 is 10.1 Å². The lowest BCUT2D eigenvalue weighted by atomic mass is 10.1. The molecule has 1 N–H and O–H groups in total. The normalized spacial score (nSPS) is 17.8. The molecule has 0 saturated heterocycles. The van der Waals surface area contributed by atoms with E-state index >= 15 is 0 Å². The van der Waals surface area contributed by atoms with E-state index < -0.39 is 10.0 Å². The number of amides is 1. The standard InChI is InChI=1S/C16H20N4O4S/c1-17-16(21)9-13-11-19(10-12-7-8-18-20(12)13)25(22,23)15-5-3-14(24-2)4-6-15/h3-8,13H,9-11H2,1-2H3,(H,17,21). The number of nitrogens with one attached hydrogen (secondary N) is 1. The summed E-state index contributed by atoms with van der Waals surface area (Å²) in [6.07, 6.45) is 1.79. The van der Waals surface area contributed by atoms with Crippen molar-refractivity contribution in [3.63, 3.8) is 0 Å². The molecule has 25 heavy (non-hydrogen) atoms. The molecule has 2 heterocycles. The van der Waals surface area contributed by atoms with Crippen LogP contribution in [0.3, 0.4) is 0 Å². The van der Waals surface area contributed by atoms with Gasteiger partial charge in [-0.3, -0.25) is 9.48 Å². The third-order valence-corrected chi connectivity index (χ3v) is 6.07.